The third-order valence-corrected chi connectivity index (χ3v) is 2.28. The normalized spacial score (nSPS) is 10.4. The zero-order chi connectivity index (χ0) is 13.1. The zero-order valence-electron chi connectivity index (χ0n) is 9.12. The minimum atomic E-state index is -1.24. The molecule has 0 unspecified atom stereocenters. The number of anilines is 1. The molecule has 0 saturated carbocycles. The smallest absolute Gasteiger partial charge is 0.161 e. The molecule has 0 atom stereocenters. The van der Waals surface area contributed by atoms with Crippen molar-refractivity contribution in [3.8, 4) is 5.75 Å². The number of halogens is 3. The number of hydrogen-bond acceptors (Lipinski definition) is 3. The Labute approximate surface area is 101 Å². The minimum absolute atomic E-state index is 0.0118. The van der Waals surface area contributed by atoms with Crippen LogP contribution in [-0.4, -0.2) is 10.1 Å². The maximum absolute atomic E-state index is 13.3. The van der Waals surface area contributed by atoms with Crippen LogP contribution in [-0.2, 0) is 6.54 Å². The fraction of sp³-hybridized carbons (Fsp3) is 0.0833. The van der Waals surface area contributed by atoms with E-state index >= 15 is 0 Å². The highest BCUT2D eigenvalue weighted by Gasteiger charge is 2.09. The standard InChI is InChI=1S/C12H9F3N2O/c13-9-3-11(15)12(4-10(9)14)17-5-7-1-2-8(18)6-16-7/h1-4,6,17-18H,5H2. The summed E-state index contributed by atoms with van der Waals surface area (Å²) < 4.78 is 38.9. The van der Waals surface area contributed by atoms with Crippen molar-refractivity contribution in [1.82, 2.24) is 4.98 Å². The molecule has 1 aromatic heterocycles. The molecule has 1 aromatic carbocycles. The van der Waals surface area contributed by atoms with E-state index in [0.717, 1.165) is 6.07 Å². The number of nitrogens with one attached hydrogen (secondary N) is 1. The molecule has 3 nitrogen and oxygen atoms in total. The SMILES string of the molecule is Oc1ccc(CNc2cc(F)c(F)cc2F)nc1. The van der Waals surface area contributed by atoms with Gasteiger partial charge in [0.05, 0.1) is 24.1 Å². The molecular formula is C12H9F3N2O. The number of rotatable bonds is 3. The fourth-order valence-electron chi connectivity index (χ4n) is 1.37. The van der Waals surface area contributed by atoms with Gasteiger partial charge in [-0.05, 0) is 12.1 Å². The van der Waals surface area contributed by atoms with Crippen LogP contribution in [0.15, 0.2) is 30.5 Å². The van der Waals surface area contributed by atoms with Gasteiger partial charge in [-0.1, -0.05) is 0 Å². The Kier molecular flexibility index (Phi) is 3.36. The highest BCUT2D eigenvalue weighted by atomic mass is 19.2. The summed E-state index contributed by atoms with van der Waals surface area (Å²) in [7, 11) is 0. The van der Waals surface area contributed by atoms with Crippen LogP contribution in [0.2, 0.25) is 0 Å². The topological polar surface area (TPSA) is 45.1 Å². The maximum atomic E-state index is 13.3. The van der Waals surface area contributed by atoms with E-state index in [0.29, 0.717) is 11.8 Å². The number of aromatic hydroxyl groups is 1. The van der Waals surface area contributed by atoms with Gasteiger partial charge in [0.15, 0.2) is 11.6 Å². The summed E-state index contributed by atoms with van der Waals surface area (Å²) in [4.78, 5) is 3.86. The third-order valence-electron chi connectivity index (χ3n) is 2.28. The summed E-state index contributed by atoms with van der Waals surface area (Å²) >= 11 is 0. The Hall–Kier alpha value is -2.24. The molecule has 0 aliphatic heterocycles. The maximum Gasteiger partial charge on any atom is 0.161 e. The number of benzene rings is 1. The first-order valence-electron chi connectivity index (χ1n) is 5.08. The van der Waals surface area contributed by atoms with Gasteiger partial charge in [-0.3, -0.25) is 4.98 Å². The molecule has 1 heterocycles. The summed E-state index contributed by atoms with van der Waals surface area (Å²) in [6, 6.07) is 4.17. The Balaban J connectivity index is 2.10. The van der Waals surface area contributed by atoms with Crippen LogP contribution in [0.25, 0.3) is 0 Å². The molecule has 0 radical (unpaired) electrons. The Bertz CT molecular complexity index is 558. The average Bonchev–Trinajstić information content (AvgIpc) is 2.34. The van der Waals surface area contributed by atoms with Crippen molar-refractivity contribution in [2.75, 3.05) is 5.32 Å². The van der Waals surface area contributed by atoms with Crippen LogP contribution >= 0.6 is 0 Å². The van der Waals surface area contributed by atoms with E-state index < -0.39 is 17.5 Å². The lowest BCUT2D eigenvalue weighted by atomic mass is 10.2. The highest BCUT2D eigenvalue weighted by Crippen LogP contribution is 2.19. The molecule has 2 rings (SSSR count). The van der Waals surface area contributed by atoms with Crippen molar-refractivity contribution in [3.63, 3.8) is 0 Å². The second-order valence-electron chi connectivity index (χ2n) is 3.61. The van der Waals surface area contributed by atoms with Crippen LogP contribution < -0.4 is 5.32 Å². The van der Waals surface area contributed by atoms with E-state index in [-0.39, 0.29) is 18.0 Å². The number of aromatic nitrogens is 1. The van der Waals surface area contributed by atoms with E-state index in [9.17, 15) is 13.2 Å². The van der Waals surface area contributed by atoms with E-state index in [4.69, 9.17) is 5.11 Å². The lowest BCUT2D eigenvalue weighted by molar-refractivity contribution is 0.472. The molecule has 0 aliphatic carbocycles. The predicted octanol–water partition coefficient (Wildman–Crippen LogP) is 2.82. The van der Waals surface area contributed by atoms with Crippen LogP contribution in [0, 0.1) is 17.5 Å². The number of pyridine rings is 1. The summed E-state index contributed by atoms with van der Waals surface area (Å²) in [5, 5.41) is 11.6. The molecule has 2 aromatic rings. The second-order valence-corrected chi connectivity index (χ2v) is 3.61. The first-order valence-corrected chi connectivity index (χ1v) is 5.08. The molecule has 6 heteroatoms. The van der Waals surface area contributed by atoms with Crippen LogP contribution in [0.1, 0.15) is 5.69 Å². The van der Waals surface area contributed by atoms with E-state index in [1.54, 1.807) is 0 Å². The van der Waals surface area contributed by atoms with Gasteiger partial charge in [0.25, 0.3) is 0 Å². The predicted molar refractivity (Wildman–Crippen MR) is 59.5 cm³/mol. The third kappa shape index (κ3) is 2.71. The van der Waals surface area contributed by atoms with Gasteiger partial charge < -0.3 is 10.4 Å². The lowest BCUT2D eigenvalue weighted by Gasteiger charge is -2.07. The molecule has 0 spiro atoms. The van der Waals surface area contributed by atoms with Crippen LogP contribution in [0.3, 0.4) is 0 Å². The molecule has 0 bridgehead atoms. The molecule has 0 amide bonds. The van der Waals surface area contributed by atoms with E-state index in [1.807, 2.05) is 0 Å². The molecule has 94 valence electrons. The first-order chi connectivity index (χ1) is 8.56. The molecule has 0 saturated heterocycles. The average molecular weight is 254 g/mol. The van der Waals surface area contributed by atoms with E-state index in [1.165, 1.54) is 18.3 Å². The van der Waals surface area contributed by atoms with Gasteiger partial charge >= 0.3 is 0 Å². The lowest BCUT2D eigenvalue weighted by Crippen LogP contribution is -2.04. The quantitative estimate of drug-likeness (QED) is 0.828. The Morgan fingerprint density at radius 3 is 2.44 bits per heavy atom. The molecule has 18 heavy (non-hydrogen) atoms. The van der Waals surface area contributed by atoms with Gasteiger partial charge in [0, 0.05) is 12.1 Å². The summed E-state index contributed by atoms with van der Waals surface area (Å²) in [5.41, 5.74) is 0.376. The fourth-order valence-corrected chi connectivity index (χ4v) is 1.37. The summed E-state index contributed by atoms with van der Waals surface area (Å²) in [6.45, 7) is 0.127. The molecule has 0 aliphatic rings. The summed E-state index contributed by atoms with van der Waals surface area (Å²) in [6.07, 6.45) is 1.23. The van der Waals surface area contributed by atoms with Gasteiger partial charge in [-0.25, -0.2) is 13.2 Å². The zero-order valence-corrected chi connectivity index (χ0v) is 9.12. The van der Waals surface area contributed by atoms with Crippen molar-refractivity contribution >= 4 is 5.69 Å². The number of nitrogens with zero attached hydrogens (tertiary/aromatic N) is 1. The summed E-state index contributed by atoms with van der Waals surface area (Å²) in [5.74, 6) is -3.23. The van der Waals surface area contributed by atoms with Crippen molar-refractivity contribution < 1.29 is 18.3 Å². The van der Waals surface area contributed by atoms with E-state index in [2.05, 4.69) is 10.3 Å². The highest BCUT2D eigenvalue weighted by molar-refractivity contribution is 5.45. The van der Waals surface area contributed by atoms with Gasteiger partial charge in [-0.2, -0.15) is 0 Å². The van der Waals surface area contributed by atoms with Crippen molar-refractivity contribution in [2.24, 2.45) is 0 Å². The number of hydrogen-bond donors (Lipinski definition) is 2. The van der Waals surface area contributed by atoms with Crippen LogP contribution in [0.5, 0.6) is 5.75 Å². The molecule has 2 N–H and O–H groups in total. The van der Waals surface area contributed by atoms with Crippen molar-refractivity contribution in [1.29, 1.82) is 0 Å². The first kappa shape index (κ1) is 12.2. The van der Waals surface area contributed by atoms with Gasteiger partial charge in [0.2, 0.25) is 0 Å². The van der Waals surface area contributed by atoms with Crippen molar-refractivity contribution in [2.45, 2.75) is 6.54 Å². The Morgan fingerprint density at radius 2 is 1.78 bits per heavy atom. The van der Waals surface area contributed by atoms with Crippen LogP contribution in [0.4, 0.5) is 18.9 Å². The van der Waals surface area contributed by atoms with Gasteiger partial charge in [0.1, 0.15) is 11.6 Å². The monoisotopic (exact) mass is 254 g/mol. The van der Waals surface area contributed by atoms with Crippen molar-refractivity contribution in [3.05, 3.63) is 53.6 Å². The minimum Gasteiger partial charge on any atom is -0.506 e. The molecular weight excluding hydrogens is 245 g/mol. The van der Waals surface area contributed by atoms with Gasteiger partial charge in [-0.15, -0.1) is 0 Å². The second kappa shape index (κ2) is 4.95. The largest absolute Gasteiger partial charge is 0.506 e. The molecule has 0 fully saturated rings. The Morgan fingerprint density at radius 1 is 1.06 bits per heavy atom.